The minimum absolute atomic E-state index is 0.155. The van der Waals surface area contributed by atoms with Gasteiger partial charge in [-0.05, 0) is 19.9 Å². The Morgan fingerprint density at radius 2 is 2.03 bits per heavy atom. The molecule has 0 saturated carbocycles. The zero-order valence-corrected chi connectivity index (χ0v) is 17.1. The van der Waals surface area contributed by atoms with Crippen LogP contribution in [0.3, 0.4) is 0 Å². The number of aryl methyl sites for hydroxylation is 1. The molecule has 2 amide bonds. The highest BCUT2D eigenvalue weighted by molar-refractivity contribution is 7.09. The third-order valence-corrected chi connectivity index (χ3v) is 5.60. The molecule has 2 aromatic rings. The predicted octanol–water partition coefficient (Wildman–Crippen LogP) is 1.82. The summed E-state index contributed by atoms with van der Waals surface area (Å²) in [4.78, 5) is 43.8. The maximum absolute atomic E-state index is 12.7. The number of thiazole rings is 1. The van der Waals surface area contributed by atoms with Crippen LogP contribution in [0.5, 0.6) is 0 Å². The minimum atomic E-state index is -0.713. The number of non-ortho nitro benzene ring substituents is 1. The Bertz CT molecular complexity index is 908. The number of nitro benzene ring substituents is 1. The Labute approximate surface area is 172 Å². The molecule has 3 rings (SSSR count). The summed E-state index contributed by atoms with van der Waals surface area (Å²) < 4.78 is 0. The van der Waals surface area contributed by atoms with Crippen LogP contribution in [0.4, 0.5) is 5.69 Å². The van der Waals surface area contributed by atoms with Gasteiger partial charge in [-0.25, -0.2) is 4.98 Å². The summed E-state index contributed by atoms with van der Waals surface area (Å²) in [6.45, 7) is 7.03. The minimum Gasteiger partial charge on any atom is -0.341 e. The first-order valence-electron chi connectivity index (χ1n) is 9.31. The van der Waals surface area contributed by atoms with Gasteiger partial charge in [0, 0.05) is 55.8 Å². The van der Waals surface area contributed by atoms with E-state index >= 15 is 0 Å². The summed E-state index contributed by atoms with van der Waals surface area (Å²) in [6.07, 6.45) is 0. The zero-order chi connectivity index (χ0) is 21.0. The SMILES string of the molecule is Cc1nc(CN2CCN(C(=O)C(C)NC(=O)c3cccc([N+](=O)[O-])c3)CC2)cs1. The van der Waals surface area contributed by atoms with Crippen LogP contribution >= 0.6 is 11.3 Å². The maximum atomic E-state index is 12.7. The smallest absolute Gasteiger partial charge is 0.270 e. The van der Waals surface area contributed by atoms with Gasteiger partial charge in [-0.3, -0.25) is 24.6 Å². The number of hydrogen-bond acceptors (Lipinski definition) is 7. The molecule has 0 radical (unpaired) electrons. The van der Waals surface area contributed by atoms with Crippen molar-refractivity contribution in [3.8, 4) is 0 Å². The van der Waals surface area contributed by atoms with E-state index in [0.717, 1.165) is 30.3 Å². The van der Waals surface area contributed by atoms with Gasteiger partial charge in [0.1, 0.15) is 6.04 Å². The molecule has 10 heteroatoms. The average Bonchev–Trinajstić information content (AvgIpc) is 3.12. The van der Waals surface area contributed by atoms with Crippen LogP contribution in [0.25, 0.3) is 0 Å². The lowest BCUT2D eigenvalue weighted by atomic mass is 10.1. The molecule has 29 heavy (non-hydrogen) atoms. The number of carbonyl (C=O) groups excluding carboxylic acids is 2. The molecule has 1 saturated heterocycles. The fraction of sp³-hybridized carbons (Fsp3) is 0.421. The van der Waals surface area contributed by atoms with Crippen molar-refractivity contribution < 1.29 is 14.5 Å². The van der Waals surface area contributed by atoms with Crippen molar-refractivity contribution in [3.63, 3.8) is 0 Å². The Morgan fingerprint density at radius 1 is 1.31 bits per heavy atom. The first-order chi connectivity index (χ1) is 13.8. The van der Waals surface area contributed by atoms with Crippen molar-refractivity contribution in [2.45, 2.75) is 26.4 Å². The van der Waals surface area contributed by atoms with Gasteiger partial charge in [0.05, 0.1) is 15.6 Å². The molecule has 0 spiro atoms. The number of rotatable bonds is 6. The monoisotopic (exact) mass is 417 g/mol. The number of nitrogens with one attached hydrogen (secondary N) is 1. The van der Waals surface area contributed by atoms with Gasteiger partial charge in [0.15, 0.2) is 0 Å². The second-order valence-corrected chi connectivity index (χ2v) is 8.02. The average molecular weight is 417 g/mol. The quantitative estimate of drug-likeness (QED) is 0.567. The summed E-state index contributed by atoms with van der Waals surface area (Å²) in [5, 5.41) is 16.6. The molecule has 154 valence electrons. The lowest BCUT2D eigenvalue weighted by molar-refractivity contribution is -0.384. The fourth-order valence-corrected chi connectivity index (χ4v) is 3.82. The molecule has 1 aliphatic rings. The van der Waals surface area contributed by atoms with E-state index < -0.39 is 16.9 Å². The van der Waals surface area contributed by atoms with Crippen LogP contribution in [0, 0.1) is 17.0 Å². The highest BCUT2D eigenvalue weighted by atomic mass is 32.1. The van der Waals surface area contributed by atoms with Gasteiger partial charge in [-0.15, -0.1) is 11.3 Å². The van der Waals surface area contributed by atoms with Crippen LogP contribution in [-0.4, -0.2) is 63.7 Å². The normalized spacial score (nSPS) is 15.7. The number of aromatic nitrogens is 1. The zero-order valence-electron chi connectivity index (χ0n) is 16.3. The summed E-state index contributed by atoms with van der Waals surface area (Å²) in [7, 11) is 0. The van der Waals surface area contributed by atoms with Crippen LogP contribution in [0.2, 0.25) is 0 Å². The third kappa shape index (κ3) is 5.36. The van der Waals surface area contributed by atoms with E-state index in [4.69, 9.17) is 0 Å². The molecular formula is C19H23N5O4S. The van der Waals surface area contributed by atoms with E-state index in [2.05, 4.69) is 20.6 Å². The predicted molar refractivity (Wildman–Crippen MR) is 109 cm³/mol. The highest BCUT2D eigenvalue weighted by Crippen LogP contribution is 2.14. The fourth-order valence-electron chi connectivity index (χ4n) is 3.21. The molecule has 1 fully saturated rings. The molecule has 1 N–H and O–H groups in total. The molecule has 1 aliphatic heterocycles. The van der Waals surface area contributed by atoms with Gasteiger partial charge in [0.2, 0.25) is 5.91 Å². The summed E-state index contributed by atoms with van der Waals surface area (Å²) in [5.41, 5.74) is 1.04. The van der Waals surface area contributed by atoms with Crippen molar-refractivity contribution >= 4 is 28.8 Å². The lowest BCUT2D eigenvalue weighted by Crippen LogP contribution is -2.53. The molecule has 0 aliphatic carbocycles. The Balaban J connectivity index is 1.51. The van der Waals surface area contributed by atoms with Gasteiger partial charge in [-0.2, -0.15) is 0 Å². The largest absolute Gasteiger partial charge is 0.341 e. The van der Waals surface area contributed by atoms with Crippen LogP contribution < -0.4 is 5.32 Å². The van der Waals surface area contributed by atoms with Crippen molar-refractivity contribution in [1.29, 1.82) is 0 Å². The van der Waals surface area contributed by atoms with E-state index in [0.29, 0.717) is 13.1 Å². The van der Waals surface area contributed by atoms with Crippen molar-refractivity contribution in [2.24, 2.45) is 0 Å². The van der Waals surface area contributed by atoms with Gasteiger partial charge in [0.25, 0.3) is 11.6 Å². The van der Waals surface area contributed by atoms with Gasteiger partial charge in [-0.1, -0.05) is 6.07 Å². The van der Waals surface area contributed by atoms with E-state index in [1.165, 1.54) is 24.3 Å². The molecule has 0 bridgehead atoms. The van der Waals surface area contributed by atoms with Gasteiger partial charge >= 0.3 is 0 Å². The molecule has 1 aromatic carbocycles. The second kappa shape index (κ2) is 9.10. The topological polar surface area (TPSA) is 109 Å². The van der Waals surface area contributed by atoms with Crippen LogP contribution in [-0.2, 0) is 11.3 Å². The number of nitrogens with zero attached hydrogens (tertiary/aromatic N) is 4. The Kier molecular flexibility index (Phi) is 6.55. The first kappa shape index (κ1) is 20.9. The van der Waals surface area contributed by atoms with Crippen molar-refractivity contribution in [1.82, 2.24) is 20.1 Å². The van der Waals surface area contributed by atoms with Crippen LogP contribution in [0.1, 0.15) is 28.0 Å². The van der Waals surface area contributed by atoms with Gasteiger partial charge < -0.3 is 10.2 Å². The second-order valence-electron chi connectivity index (χ2n) is 6.96. The highest BCUT2D eigenvalue weighted by Gasteiger charge is 2.26. The van der Waals surface area contributed by atoms with E-state index in [1.54, 1.807) is 23.2 Å². The molecule has 9 nitrogen and oxygen atoms in total. The molecule has 2 heterocycles. The van der Waals surface area contributed by atoms with Crippen molar-refractivity contribution in [2.75, 3.05) is 26.2 Å². The molecule has 1 unspecified atom stereocenters. The number of carbonyl (C=O) groups is 2. The first-order valence-corrected chi connectivity index (χ1v) is 10.2. The number of amides is 2. The van der Waals surface area contributed by atoms with Crippen LogP contribution in [0.15, 0.2) is 29.6 Å². The van der Waals surface area contributed by atoms with E-state index in [-0.39, 0.29) is 17.2 Å². The summed E-state index contributed by atoms with van der Waals surface area (Å²) >= 11 is 1.63. The van der Waals surface area contributed by atoms with E-state index in [1.807, 2.05) is 6.92 Å². The number of benzene rings is 1. The number of hydrogen-bond donors (Lipinski definition) is 1. The lowest BCUT2D eigenvalue weighted by Gasteiger charge is -2.35. The van der Waals surface area contributed by atoms with Crippen molar-refractivity contribution in [3.05, 3.63) is 56.0 Å². The number of nitro groups is 1. The number of piperazine rings is 1. The summed E-state index contributed by atoms with van der Waals surface area (Å²) in [6, 6.07) is 4.74. The summed E-state index contributed by atoms with van der Waals surface area (Å²) in [5.74, 6) is -0.667. The Hall–Kier alpha value is -2.85. The molecule has 1 atom stereocenters. The molecule has 1 aromatic heterocycles. The standard InChI is InChI=1S/C19H23N5O4S/c1-13(20-18(25)15-4-3-5-17(10-15)24(27)28)19(26)23-8-6-22(7-9-23)11-16-12-29-14(2)21-16/h3-5,10,12-13H,6-9,11H2,1-2H3,(H,20,25). The Morgan fingerprint density at radius 3 is 2.66 bits per heavy atom. The molecular weight excluding hydrogens is 394 g/mol. The maximum Gasteiger partial charge on any atom is 0.270 e. The third-order valence-electron chi connectivity index (χ3n) is 4.77. The van der Waals surface area contributed by atoms with E-state index in [9.17, 15) is 19.7 Å².